The smallest absolute Gasteiger partial charge is 0.387 e. The molecule has 0 aliphatic carbocycles. The number of fused-ring (bicyclic) bond motifs is 1. The van der Waals surface area contributed by atoms with E-state index in [1.807, 2.05) is 6.07 Å². The Labute approximate surface area is 336 Å². The molecule has 16 heteroatoms. The minimum Gasteiger partial charge on any atom is -0.387 e. The Morgan fingerprint density at radius 3 is 2.18 bits per heavy atom. The number of anilines is 1. The number of nitrogens with two attached hydrogens (primary N) is 1. The maximum absolute atomic E-state index is 13.0. The number of nitriles is 2. The van der Waals surface area contributed by atoms with Gasteiger partial charge in [-0.1, -0.05) is 103 Å². The SMILES string of the molecule is CCCCCCCCCOCCCCCCCCCC[C@H](COP(=O)(O)OC[C@H]1O[C@@](C#N)(c2ccc3c(N)ncnn23)[C@@H](O)C1O)OCc1ccc(C#N)cc1. The molecule has 2 aromatic heterocycles. The summed E-state index contributed by atoms with van der Waals surface area (Å²) in [5, 5.41) is 45.2. The predicted octanol–water partition coefficient (Wildman–Crippen LogP) is 7.02. The zero-order valence-corrected chi connectivity index (χ0v) is 34.1. The third kappa shape index (κ3) is 14.4. The number of ether oxygens (including phenoxy) is 3. The van der Waals surface area contributed by atoms with E-state index < -0.39 is 44.4 Å². The lowest BCUT2D eigenvalue weighted by Gasteiger charge is -2.24. The molecule has 1 fully saturated rings. The first-order valence-corrected chi connectivity index (χ1v) is 22.0. The van der Waals surface area contributed by atoms with Crippen molar-refractivity contribution in [2.75, 3.05) is 32.2 Å². The summed E-state index contributed by atoms with van der Waals surface area (Å²) < 4.78 is 42.6. The summed E-state index contributed by atoms with van der Waals surface area (Å²) in [5.41, 5.74) is 5.63. The van der Waals surface area contributed by atoms with Crippen molar-refractivity contribution in [3.8, 4) is 12.1 Å². The molecule has 0 bridgehead atoms. The summed E-state index contributed by atoms with van der Waals surface area (Å²) in [6.45, 7) is 3.25. The number of aliphatic hydroxyl groups excluding tert-OH is 2. The fourth-order valence-electron chi connectivity index (χ4n) is 6.94. The molecular weight excluding hydrogens is 751 g/mol. The van der Waals surface area contributed by atoms with Crippen LogP contribution >= 0.6 is 7.82 Å². The molecule has 1 aliphatic rings. The number of nitrogen functional groups attached to an aromatic ring is 1. The number of aliphatic hydroxyl groups is 2. The molecule has 15 nitrogen and oxygen atoms in total. The van der Waals surface area contributed by atoms with E-state index in [0.29, 0.717) is 17.5 Å². The molecule has 1 aromatic carbocycles. The van der Waals surface area contributed by atoms with Gasteiger partial charge in [0.1, 0.15) is 36.2 Å². The molecule has 4 rings (SSSR count). The van der Waals surface area contributed by atoms with E-state index in [1.54, 1.807) is 30.3 Å². The van der Waals surface area contributed by atoms with Crippen LogP contribution in [0.3, 0.4) is 0 Å². The molecule has 0 spiro atoms. The lowest BCUT2D eigenvalue weighted by molar-refractivity contribution is -0.0658. The molecule has 0 saturated carbocycles. The quantitative estimate of drug-likeness (QED) is 0.0408. The third-order valence-corrected chi connectivity index (χ3v) is 11.3. The molecule has 2 unspecified atom stereocenters. The highest BCUT2D eigenvalue weighted by atomic mass is 31.2. The molecular formula is C41H61N6O9P. The number of hydrogen-bond acceptors (Lipinski definition) is 13. The van der Waals surface area contributed by atoms with E-state index in [0.717, 1.165) is 57.3 Å². The standard InChI is InChI=1S/C41H61N6O9P/c1-2-3-4-5-9-12-15-24-52-25-16-13-10-7-6-8-11-14-17-34(53-27-33-20-18-32(26-42)19-21-33)28-54-57(50,51)55-29-36-38(48)39(49)41(30-43,56-36)37-23-22-35-40(44)45-31-46-47(35)37/h18-23,31,34,36,38-39,48-49H,2-17,24-25,27-29H2,1H3,(H,50,51)(H2,44,45,46)/t34-,36-,38?,39+,41+/m1/s1. The van der Waals surface area contributed by atoms with Crippen molar-refractivity contribution in [3.63, 3.8) is 0 Å². The number of nitrogens with zero attached hydrogens (tertiary/aromatic N) is 5. The van der Waals surface area contributed by atoms with Crippen LogP contribution < -0.4 is 5.73 Å². The van der Waals surface area contributed by atoms with Crippen molar-refractivity contribution in [3.05, 3.63) is 59.5 Å². The second-order valence-electron chi connectivity index (χ2n) is 14.8. The molecule has 1 saturated heterocycles. The number of rotatable bonds is 29. The van der Waals surface area contributed by atoms with Crippen LogP contribution in [0.2, 0.25) is 0 Å². The maximum atomic E-state index is 13.0. The van der Waals surface area contributed by atoms with Crippen molar-refractivity contribution in [2.45, 2.75) is 146 Å². The first-order chi connectivity index (χ1) is 27.6. The van der Waals surface area contributed by atoms with Gasteiger partial charge in [-0.2, -0.15) is 15.6 Å². The first-order valence-electron chi connectivity index (χ1n) is 20.5. The minimum absolute atomic E-state index is 0.0866. The Kier molecular flexibility index (Phi) is 19.8. The highest BCUT2D eigenvalue weighted by molar-refractivity contribution is 7.47. The van der Waals surface area contributed by atoms with Crippen molar-refractivity contribution in [1.82, 2.24) is 14.6 Å². The van der Waals surface area contributed by atoms with Gasteiger partial charge >= 0.3 is 7.82 Å². The first kappa shape index (κ1) is 46.2. The average Bonchev–Trinajstić information content (AvgIpc) is 3.77. The summed E-state index contributed by atoms with van der Waals surface area (Å²) in [7, 11) is -4.71. The Balaban J connectivity index is 1.18. The highest BCUT2D eigenvalue weighted by Crippen LogP contribution is 2.46. The van der Waals surface area contributed by atoms with Crippen LogP contribution in [0.25, 0.3) is 5.52 Å². The number of aromatic nitrogens is 3. The van der Waals surface area contributed by atoms with Gasteiger partial charge in [-0.05, 0) is 49.1 Å². The largest absolute Gasteiger partial charge is 0.472 e. The summed E-state index contributed by atoms with van der Waals surface area (Å²) in [5.74, 6) is 0.131. The fraction of sp³-hybridized carbons (Fsp3) is 0.659. The number of benzene rings is 1. The molecule has 3 aromatic rings. The molecule has 5 N–H and O–H groups in total. The molecule has 0 radical (unpaired) electrons. The lowest BCUT2D eigenvalue weighted by atomic mass is 9.92. The highest BCUT2D eigenvalue weighted by Gasteiger charge is 2.58. The van der Waals surface area contributed by atoms with Gasteiger partial charge in [0, 0.05) is 13.2 Å². The van der Waals surface area contributed by atoms with Crippen LogP contribution in [0.1, 0.15) is 126 Å². The Morgan fingerprint density at radius 1 is 0.912 bits per heavy atom. The molecule has 314 valence electrons. The van der Waals surface area contributed by atoms with E-state index in [4.69, 9.17) is 34.3 Å². The van der Waals surface area contributed by atoms with Gasteiger partial charge in [0.15, 0.2) is 5.82 Å². The molecule has 3 heterocycles. The summed E-state index contributed by atoms with van der Waals surface area (Å²) in [6.07, 6.45) is 14.1. The second-order valence-corrected chi connectivity index (χ2v) is 16.2. The normalized spacial score (nSPS) is 21.0. The van der Waals surface area contributed by atoms with Crippen molar-refractivity contribution in [1.29, 1.82) is 10.5 Å². The fourth-order valence-corrected chi connectivity index (χ4v) is 7.70. The Bertz CT molecular complexity index is 1750. The van der Waals surface area contributed by atoms with Gasteiger partial charge in [-0.25, -0.2) is 14.1 Å². The molecule has 6 atom stereocenters. The third-order valence-electron chi connectivity index (χ3n) is 10.3. The van der Waals surface area contributed by atoms with Gasteiger partial charge in [0.25, 0.3) is 0 Å². The number of unbranched alkanes of at least 4 members (excludes halogenated alkanes) is 13. The topological polar surface area (TPSA) is 228 Å². The molecule has 57 heavy (non-hydrogen) atoms. The zero-order chi connectivity index (χ0) is 40.9. The summed E-state index contributed by atoms with van der Waals surface area (Å²) in [4.78, 5) is 14.5. The van der Waals surface area contributed by atoms with E-state index in [-0.39, 0.29) is 24.7 Å². The van der Waals surface area contributed by atoms with E-state index >= 15 is 0 Å². The van der Waals surface area contributed by atoms with Crippen LogP contribution in [-0.2, 0) is 40.0 Å². The summed E-state index contributed by atoms with van der Waals surface area (Å²) >= 11 is 0. The monoisotopic (exact) mass is 812 g/mol. The number of phosphoric acid groups is 1. The van der Waals surface area contributed by atoms with Crippen LogP contribution in [0.15, 0.2) is 42.7 Å². The van der Waals surface area contributed by atoms with Gasteiger partial charge in [-0.3, -0.25) is 9.05 Å². The average molecular weight is 813 g/mol. The van der Waals surface area contributed by atoms with Gasteiger partial charge < -0.3 is 35.1 Å². The number of hydrogen-bond donors (Lipinski definition) is 4. The summed E-state index contributed by atoms with van der Waals surface area (Å²) in [6, 6.07) is 14.0. The Hall–Kier alpha value is -3.47. The van der Waals surface area contributed by atoms with Crippen molar-refractivity contribution >= 4 is 19.2 Å². The van der Waals surface area contributed by atoms with Crippen LogP contribution in [-0.4, -0.2) is 80.5 Å². The molecule has 0 amide bonds. The number of phosphoric ester groups is 1. The van der Waals surface area contributed by atoms with Crippen molar-refractivity contribution in [2.24, 2.45) is 0 Å². The van der Waals surface area contributed by atoms with Crippen molar-refractivity contribution < 1.29 is 42.9 Å². The van der Waals surface area contributed by atoms with Crippen LogP contribution in [0.4, 0.5) is 5.82 Å². The van der Waals surface area contributed by atoms with Gasteiger partial charge in [0.2, 0.25) is 5.60 Å². The van der Waals surface area contributed by atoms with E-state index in [1.165, 1.54) is 74.7 Å². The zero-order valence-electron chi connectivity index (χ0n) is 33.3. The van der Waals surface area contributed by atoms with Gasteiger partial charge in [-0.15, -0.1) is 0 Å². The van der Waals surface area contributed by atoms with Gasteiger partial charge in [0.05, 0.1) is 43.3 Å². The minimum atomic E-state index is -4.71. The Morgan fingerprint density at radius 2 is 1.54 bits per heavy atom. The lowest BCUT2D eigenvalue weighted by Crippen LogP contribution is -2.41. The molecule has 1 aliphatic heterocycles. The maximum Gasteiger partial charge on any atom is 0.472 e. The van der Waals surface area contributed by atoms with Crippen LogP contribution in [0, 0.1) is 22.7 Å². The van der Waals surface area contributed by atoms with Crippen LogP contribution in [0.5, 0.6) is 0 Å². The second kappa shape index (κ2) is 24.5. The van der Waals surface area contributed by atoms with E-state index in [9.17, 15) is 24.9 Å². The predicted molar refractivity (Wildman–Crippen MR) is 213 cm³/mol. The van der Waals surface area contributed by atoms with E-state index in [2.05, 4.69) is 23.1 Å².